The Hall–Kier alpha value is -2.38. The lowest BCUT2D eigenvalue weighted by molar-refractivity contribution is 0.477. The Morgan fingerprint density at radius 1 is 1.16 bits per heavy atom. The molecule has 0 spiro atoms. The molecule has 1 aliphatic rings. The Morgan fingerprint density at radius 2 is 2.00 bits per heavy atom. The van der Waals surface area contributed by atoms with Crippen LogP contribution in [0, 0.1) is 6.92 Å². The first kappa shape index (κ1) is 16.1. The molecule has 1 saturated heterocycles. The second-order valence-corrected chi connectivity index (χ2v) is 6.72. The van der Waals surface area contributed by atoms with Crippen LogP contribution in [0.5, 0.6) is 0 Å². The zero-order valence-corrected chi connectivity index (χ0v) is 14.7. The van der Waals surface area contributed by atoms with Gasteiger partial charge in [0.2, 0.25) is 5.95 Å². The van der Waals surface area contributed by atoms with Gasteiger partial charge in [-0.3, -0.25) is 5.10 Å². The number of piperidine rings is 1. The van der Waals surface area contributed by atoms with Gasteiger partial charge in [-0.2, -0.15) is 10.1 Å². The van der Waals surface area contributed by atoms with Crippen molar-refractivity contribution in [2.75, 3.05) is 23.7 Å². The predicted octanol–water partition coefficient (Wildman–Crippen LogP) is 3.22. The van der Waals surface area contributed by atoms with Crippen LogP contribution in [0.15, 0.2) is 24.3 Å². The minimum absolute atomic E-state index is 0.373. The molecule has 0 atom stereocenters. The van der Waals surface area contributed by atoms with Gasteiger partial charge in [0.1, 0.15) is 5.82 Å². The quantitative estimate of drug-likeness (QED) is 0.573. The van der Waals surface area contributed by atoms with Crippen LogP contribution in [-0.2, 0) is 0 Å². The maximum atomic E-state index is 6.15. The standard InChI is InChI=1S/C17H20ClN7/c1-10-8-15(25-24-10)22-16-13-3-2-11(18)9-14(13)21-17(23-16)20-12-4-6-19-7-5-12/h2-3,8-9,12,19H,4-7H2,1H3,(H3,20,21,22,23,24,25). The molecule has 3 aromatic rings. The summed E-state index contributed by atoms with van der Waals surface area (Å²) in [4.78, 5) is 9.32. The molecule has 3 heterocycles. The van der Waals surface area contributed by atoms with Gasteiger partial charge in [-0.1, -0.05) is 11.6 Å². The number of hydrogen-bond acceptors (Lipinski definition) is 6. The molecule has 1 aliphatic heterocycles. The number of H-pyrrole nitrogens is 1. The van der Waals surface area contributed by atoms with E-state index in [0.717, 1.165) is 48.3 Å². The lowest BCUT2D eigenvalue weighted by Gasteiger charge is -2.24. The highest BCUT2D eigenvalue weighted by molar-refractivity contribution is 6.31. The molecule has 25 heavy (non-hydrogen) atoms. The van der Waals surface area contributed by atoms with E-state index in [0.29, 0.717) is 22.8 Å². The summed E-state index contributed by atoms with van der Waals surface area (Å²) in [5.74, 6) is 2.04. The number of aromatic nitrogens is 4. The lowest BCUT2D eigenvalue weighted by atomic mass is 10.1. The van der Waals surface area contributed by atoms with Crippen LogP contribution in [0.25, 0.3) is 10.9 Å². The number of aromatic amines is 1. The maximum absolute atomic E-state index is 6.15. The van der Waals surface area contributed by atoms with E-state index in [4.69, 9.17) is 11.6 Å². The van der Waals surface area contributed by atoms with Gasteiger partial charge in [0.05, 0.1) is 5.52 Å². The molecule has 0 radical (unpaired) electrons. The zero-order chi connectivity index (χ0) is 17.2. The number of nitrogens with zero attached hydrogens (tertiary/aromatic N) is 3. The number of rotatable bonds is 4. The van der Waals surface area contributed by atoms with E-state index < -0.39 is 0 Å². The highest BCUT2D eigenvalue weighted by atomic mass is 35.5. The number of hydrogen-bond donors (Lipinski definition) is 4. The van der Waals surface area contributed by atoms with E-state index in [-0.39, 0.29) is 0 Å². The van der Waals surface area contributed by atoms with Crippen molar-refractivity contribution in [2.45, 2.75) is 25.8 Å². The van der Waals surface area contributed by atoms with Crippen molar-refractivity contribution in [3.63, 3.8) is 0 Å². The van der Waals surface area contributed by atoms with Gasteiger partial charge >= 0.3 is 0 Å². The molecule has 0 aliphatic carbocycles. The van der Waals surface area contributed by atoms with E-state index in [1.165, 1.54) is 0 Å². The van der Waals surface area contributed by atoms with Crippen LogP contribution >= 0.6 is 11.6 Å². The Labute approximate surface area is 150 Å². The Balaban J connectivity index is 1.70. The van der Waals surface area contributed by atoms with Crippen molar-refractivity contribution in [2.24, 2.45) is 0 Å². The number of aryl methyl sites for hydroxylation is 1. The van der Waals surface area contributed by atoms with Crippen molar-refractivity contribution in [3.05, 3.63) is 35.0 Å². The third-order valence-electron chi connectivity index (χ3n) is 4.28. The van der Waals surface area contributed by atoms with Gasteiger partial charge in [-0.05, 0) is 51.1 Å². The molecule has 4 rings (SSSR count). The summed E-state index contributed by atoms with van der Waals surface area (Å²) < 4.78 is 0. The molecule has 2 aromatic heterocycles. The molecule has 0 unspecified atom stereocenters. The van der Waals surface area contributed by atoms with Crippen molar-refractivity contribution in [3.8, 4) is 0 Å². The number of anilines is 3. The van der Waals surface area contributed by atoms with E-state index >= 15 is 0 Å². The molecule has 8 heteroatoms. The van der Waals surface area contributed by atoms with E-state index in [9.17, 15) is 0 Å². The summed E-state index contributed by atoms with van der Waals surface area (Å²) in [6.07, 6.45) is 2.11. The Morgan fingerprint density at radius 3 is 2.76 bits per heavy atom. The van der Waals surface area contributed by atoms with Crippen molar-refractivity contribution < 1.29 is 0 Å². The molecule has 130 valence electrons. The molecule has 0 amide bonds. The summed E-state index contributed by atoms with van der Waals surface area (Å²) in [5, 5.41) is 18.8. The van der Waals surface area contributed by atoms with Gasteiger partial charge in [-0.25, -0.2) is 4.98 Å². The molecule has 0 saturated carbocycles. The third-order valence-corrected chi connectivity index (χ3v) is 4.52. The Kier molecular flexibility index (Phi) is 4.42. The fourth-order valence-electron chi connectivity index (χ4n) is 3.01. The van der Waals surface area contributed by atoms with Crippen molar-refractivity contribution >= 4 is 40.1 Å². The van der Waals surface area contributed by atoms with Crippen LogP contribution in [0.2, 0.25) is 5.02 Å². The van der Waals surface area contributed by atoms with Gasteiger partial charge in [0.15, 0.2) is 5.82 Å². The monoisotopic (exact) mass is 357 g/mol. The number of fused-ring (bicyclic) bond motifs is 1. The molecule has 1 aromatic carbocycles. The van der Waals surface area contributed by atoms with Crippen LogP contribution in [0.4, 0.5) is 17.6 Å². The summed E-state index contributed by atoms with van der Waals surface area (Å²) in [5.41, 5.74) is 1.78. The number of halogens is 1. The summed E-state index contributed by atoms with van der Waals surface area (Å²) in [6.45, 7) is 3.98. The highest BCUT2D eigenvalue weighted by Crippen LogP contribution is 2.27. The molecular weight excluding hydrogens is 338 g/mol. The van der Waals surface area contributed by atoms with Gasteiger partial charge in [0, 0.05) is 28.2 Å². The van der Waals surface area contributed by atoms with Gasteiger partial charge in [0.25, 0.3) is 0 Å². The fraction of sp³-hybridized carbons (Fsp3) is 0.353. The van der Waals surface area contributed by atoms with E-state index in [2.05, 4.69) is 36.1 Å². The first-order valence-electron chi connectivity index (χ1n) is 8.41. The second kappa shape index (κ2) is 6.85. The SMILES string of the molecule is Cc1cc(Nc2nc(NC3CCNCC3)nc3cc(Cl)ccc23)n[nH]1. The van der Waals surface area contributed by atoms with Crippen LogP contribution in [0.3, 0.4) is 0 Å². The normalized spacial score (nSPS) is 15.4. The number of benzene rings is 1. The summed E-state index contributed by atoms with van der Waals surface area (Å²) >= 11 is 6.15. The average Bonchev–Trinajstić information content (AvgIpc) is 3.00. The van der Waals surface area contributed by atoms with Crippen LogP contribution in [-0.4, -0.2) is 39.3 Å². The average molecular weight is 358 g/mol. The van der Waals surface area contributed by atoms with Gasteiger partial charge < -0.3 is 16.0 Å². The van der Waals surface area contributed by atoms with Gasteiger partial charge in [-0.15, -0.1) is 0 Å². The Bertz CT molecular complexity index is 886. The largest absolute Gasteiger partial charge is 0.351 e. The van der Waals surface area contributed by atoms with E-state index in [1.807, 2.05) is 31.2 Å². The first-order chi connectivity index (χ1) is 12.2. The smallest absolute Gasteiger partial charge is 0.225 e. The minimum atomic E-state index is 0.373. The van der Waals surface area contributed by atoms with Crippen LogP contribution < -0.4 is 16.0 Å². The zero-order valence-electron chi connectivity index (χ0n) is 13.9. The minimum Gasteiger partial charge on any atom is -0.351 e. The molecular formula is C17H20ClN7. The van der Waals surface area contributed by atoms with Crippen molar-refractivity contribution in [1.29, 1.82) is 0 Å². The van der Waals surface area contributed by atoms with E-state index in [1.54, 1.807) is 0 Å². The van der Waals surface area contributed by atoms with Crippen molar-refractivity contribution in [1.82, 2.24) is 25.5 Å². The summed E-state index contributed by atoms with van der Waals surface area (Å²) in [7, 11) is 0. The highest BCUT2D eigenvalue weighted by Gasteiger charge is 2.16. The lowest BCUT2D eigenvalue weighted by Crippen LogP contribution is -2.35. The molecule has 0 bridgehead atoms. The second-order valence-electron chi connectivity index (χ2n) is 6.29. The molecule has 4 N–H and O–H groups in total. The van der Waals surface area contributed by atoms with Crippen LogP contribution in [0.1, 0.15) is 18.5 Å². The third kappa shape index (κ3) is 3.67. The molecule has 1 fully saturated rings. The molecule has 7 nitrogen and oxygen atoms in total. The number of nitrogens with one attached hydrogen (secondary N) is 4. The predicted molar refractivity (Wildman–Crippen MR) is 101 cm³/mol. The topological polar surface area (TPSA) is 90.6 Å². The first-order valence-corrected chi connectivity index (χ1v) is 8.79. The summed E-state index contributed by atoms with van der Waals surface area (Å²) in [6, 6.07) is 7.93. The maximum Gasteiger partial charge on any atom is 0.225 e. The fourth-order valence-corrected chi connectivity index (χ4v) is 3.18.